The summed E-state index contributed by atoms with van der Waals surface area (Å²) in [6.45, 7) is 4.39. The van der Waals surface area contributed by atoms with Crippen molar-refractivity contribution in [1.29, 1.82) is 0 Å². The molecule has 0 saturated heterocycles. The van der Waals surface area contributed by atoms with Gasteiger partial charge in [0.2, 0.25) is 0 Å². The molecule has 3 nitrogen and oxygen atoms in total. The first-order chi connectivity index (χ1) is 9.67. The van der Waals surface area contributed by atoms with Gasteiger partial charge in [0.25, 0.3) is 0 Å². The lowest BCUT2D eigenvalue weighted by Gasteiger charge is -2.14. The predicted octanol–water partition coefficient (Wildman–Crippen LogP) is 5.37. The number of halogens is 1. The Morgan fingerprint density at radius 3 is 2.55 bits per heavy atom. The van der Waals surface area contributed by atoms with Crippen molar-refractivity contribution in [2.75, 3.05) is 5.73 Å². The molecule has 0 radical (unpaired) electrons. The van der Waals surface area contributed by atoms with Crippen molar-refractivity contribution in [3.63, 3.8) is 0 Å². The second-order valence-electron chi connectivity index (χ2n) is 5.09. The summed E-state index contributed by atoms with van der Waals surface area (Å²) in [5.41, 5.74) is 8.05. The monoisotopic (exact) mass is 336 g/mol. The van der Waals surface area contributed by atoms with Gasteiger partial charge in [0, 0.05) is 10.4 Å². The van der Waals surface area contributed by atoms with Crippen LogP contribution in [0.3, 0.4) is 0 Å². The fourth-order valence-electron chi connectivity index (χ4n) is 2.63. The Bertz CT molecular complexity index is 559. The first kappa shape index (κ1) is 15.1. The molecule has 0 amide bonds. The molecule has 108 valence electrons. The quantitative estimate of drug-likeness (QED) is 0.771. The summed E-state index contributed by atoms with van der Waals surface area (Å²) in [6, 6.07) is 8.11. The molecule has 0 spiro atoms. The van der Waals surface area contributed by atoms with E-state index >= 15 is 0 Å². The van der Waals surface area contributed by atoms with E-state index in [4.69, 9.17) is 10.3 Å². The molecule has 2 N–H and O–H groups in total. The molecule has 1 aromatic carbocycles. The van der Waals surface area contributed by atoms with Crippen molar-refractivity contribution < 1.29 is 4.52 Å². The SMILES string of the molecule is CCCC(CCC)c1onc(N)c1-c1cccc(Br)c1. The highest BCUT2D eigenvalue weighted by atomic mass is 79.9. The second kappa shape index (κ2) is 6.93. The van der Waals surface area contributed by atoms with Crippen molar-refractivity contribution in [2.45, 2.75) is 45.4 Å². The third-order valence-corrected chi connectivity index (χ3v) is 4.00. The number of anilines is 1. The van der Waals surface area contributed by atoms with Crippen molar-refractivity contribution in [2.24, 2.45) is 0 Å². The maximum atomic E-state index is 6.03. The van der Waals surface area contributed by atoms with Gasteiger partial charge < -0.3 is 10.3 Å². The van der Waals surface area contributed by atoms with Crippen LogP contribution in [0.5, 0.6) is 0 Å². The smallest absolute Gasteiger partial charge is 0.175 e. The standard InChI is InChI=1S/C16H21BrN2O/c1-3-6-11(7-4-2)15-14(16(18)19-20-15)12-8-5-9-13(17)10-12/h5,8-11H,3-4,6-7H2,1-2H3,(H2,18,19). The van der Waals surface area contributed by atoms with Crippen LogP contribution in [0, 0.1) is 0 Å². The Labute approximate surface area is 128 Å². The average molecular weight is 337 g/mol. The van der Waals surface area contributed by atoms with Crippen molar-refractivity contribution in [3.8, 4) is 11.1 Å². The molecule has 20 heavy (non-hydrogen) atoms. The predicted molar refractivity (Wildman–Crippen MR) is 86.6 cm³/mol. The van der Waals surface area contributed by atoms with Gasteiger partial charge in [0.15, 0.2) is 5.82 Å². The van der Waals surface area contributed by atoms with E-state index in [1.807, 2.05) is 18.2 Å². The van der Waals surface area contributed by atoms with Crippen molar-refractivity contribution in [3.05, 3.63) is 34.5 Å². The highest BCUT2D eigenvalue weighted by molar-refractivity contribution is 9.10. The molecule has 0 atom stereocenters. The summed E-state index contributed by atoms with van der Waals surface area (Å²) >= 11 is 3.50. The van der Waals surface area contributed by atoms with Gasteiger partial charge in [0.05, 0.1) is 5.56 Å². The minimum atomic E-state index is 0.392. The Balaban J connectivity index is 2.45. The highest BCUT2D eigenvalue weighted by Gasteiger charge is 2.23. The number of nitrogen functional groups attached to an aromatic ring is 1. The van der Waals surface area contributed by atoms with Crippen LogP contribution in [0.2, 0.25) is 0 Å². The van der Waals surface area contributed by atoms with E-state index in [-0.39, 0.29) is 0 Å². The second-order valence-corrected chi connectivity index (χ2v) is 6.01. The van der Waals surface area contributed by atoms with Crippen LogP contribution in [0.1, 0.15) is 51.2 Å². The number of nitrogens with two attached hydrogens (primary N) is 1. The minimum absolute atomic E-state index is 0.392. The summed E-state index contributed by atoms with van der Waals surface area (Å²) < 4.78 is 6.60. The van der Waals surface area contributed by atoms with E-state index in [1.54, 1.807) is 0 Å². The molecule has 0 bridgehead atoms. The average Bonchev–Trinajstić information content (AvgIpc) is 2.80. The van der Waals surface area contributed by atoms with Crippen LogP contribution in [-0.2, 0) is 0 Å². The number of hydrogen-bond acceptors (Lipinski definition) is 3. The lowest BCUT2D eigenvalue weighted by atomic mass is 9.91. The number of benzene rings is 1. The van der Waals surface area contributed by atoms with Gasteiger partial charge in [-0.2, -0.15) is 0 Å². The summed E-state index contributed by atoms with van der Waals surface area (Å²) in [7, 11) is 0. The lowest BCUT2D eigenvalue weighted by molar-refractivity contribution is 0.346. The molecule has 0 aliphatic heterocycles. The van der Waals surface area contributed by atoms with E-state index < -0.39 is 0 Å². The Kier molecular flexibility index (Phi) is 5.24. The molecular formula is C16H21BrN2O. The zero-order valence-corrected chi connectivity index (χ0v) is 13.6. The first-order valence-electron chi connectivity index (χ1n) is 7.18. The summed E-state index contributed by atoms with van der Waals surface area (Å²) in [6.07, 6.45) is 4.46. The molecule has 4 heteroatoms. The molecule has 0 fully saturated rings. The van der Waals surface area contributed by atoms with Crippen LogP contribution >= 0.6 is 15.9 Å². The molecule has 0 saturated carbocycles. The van der Waals surface area contributed by atoms with Crippen LogP contribution in [0.15, 0.2) is 33.3 Å². The number of rotatable bonds is 6. The third kappa shape index (κ3) is 3.23. The number of aromatic nitrogens is 1. The maximum Gasteiger partial charge on any atom is 0.175 e. The Hall–Kier alpha value is -1.29. The summed E-state index contributed by atoms with van der Waals surface area (Å²) in [4.78, 5) is 0. The van der Waals surface area contributed by atoms with Gasteiger partial charge in [-0.3, -0.25) is 0 Å². The van der Waals surface area contributed by atoms with Gasteiger partial charge in [-0.05, 0) is 30.5 Å². The van der Waals surface area contributed by atoms with Gasteiger partial charge in [-0.15, -0.1) is 0 Å². The van der Waals surface area contributed by atoms with Gasteiger partial charge in [0.1, 0.15) is 5.76 Å². The van der Waals surface area contributed by atoms with Crippen LogP contribution in [0.4, 0.5) is 5.82 Å². The highest BCUT2D eigenvalue weighted by Crippen LogP contribution is 2.38. The zero-order valence-electron chi connectivity index (χ0n) is 12.0. The summed E-state index contributed by atoms with van der Waals surface area (Å²) in [5.74, 6) is 1.81. The molecule has 0 aliphatic carbocycles. The van der Waals surface area contributed by atoms with E-state index in [0.717, 1.165) is 47.0 Å². The van der Waals surface area contributed by atoms with Gasteiger partial charge >= 0.3 is 0 Å². The van der Waals surface area contributed by atoms with Gasteiger partial charge in [-0.1, -0.05) is 59.9 Å². The zero-order chi connectivity index (χ0) is 14.5. The van der Waals surface area contributed by atoms with Gasteiger partial charge in [-0.25, -0.2) is 0 Å². The number of nitrogens with zero attached hydrogens (tertiary/aromatic N) is 1. The van der Waals surface area contributed by atoms with Crippen LogP contribution in [0.25, 0.3) is 11.1 Å². The molecule has 2 rings (SSSR count). The molecule has 1 aromatic heterocycles. The molecule has 0 unspecified atom stereocenters. The Morgan fingerprint density at radius 1 is 1.25 bits per heavy atom. The maximum absolute atomic E-state index is 6.03. The van der Waals surface area contributed by atoms with E-state index in [1.165, 1.54) is 0 Å². The third-order valence-electron chi connectivity index (χ3n) is 3.50. The lowest BCUT2D eigenvalue weighted by Crippen LogP contribution is -1.99. The van der Waals surface area contributed by atoms with E-state index in [2.05, 4.69) is 41.0 Å². The van der Waals surface area contributed by atoms with Crippen molar-refractivity contribution in [1.82, 2.24) is 5.16 Å². The number of hydrogen-bond donors (Lipinski definition) is 1. The molecule has 0 aliphatic rings. The molecular weight excluding hydrogens is 316 g/mol. The Morgan fingerprint density at radius 2 is 1.95 bits per heavy atom. The fourth-order valence-corrected chi connectivity index (χ4v) is 3.03. The summed E-state index contributed by atoms with van der Waals surface area (Å²) in [5, 5.41) is 4.00. The normalized spacial score (nSPS) is 11.2. The molecule has 2 aromatic rings. The van der Waals surface area contributed by atoms with Crippen LogP contribution < -0.4 is 5.73 Å². The van der Waals surface area contributed by atoms with Crippen molar-refractivity contribution >= 4 is 21.7 Å². The fraction of sp³-hybridized carbons (Fsp3) is 0.438. The first-order valence-corrected chi connectivity index (χ1v) is 7.97. The van der Waals surface area contributed by atoms with E-state index in [9.17, 15) is 0 Å². The topological polar surface area (TPSA) is 52.0 Å². The van der Waals surface area contributed by atoms with Crippen LogP contribution in [-0.4, -0.2) is 5.16 Å². The largest absolute Gasteiger partial charge is 0.380 e. The minimum Gasteiger partial charge on any atom is -0.380 e. The molecule has 1 heterocycles. The van der Waals surface area contributed by atoms with E-state index in [0.29, 0.717) is 11.7 Å².